The monoisotopic (exact) mass is 212 g/mol. The van der Waals surface area contributed by atoms with Gasteiger partial charge >= 0.3 is 5.97 Å². The Kier molecular flexibility index (Phi) is 6.30. The van der Waals surface area contributed by atoms with Crippen LogP contribution >= 0.6 is 0 Å². The van der Waals surface area contributed by atoms with E-state index in [0.717, 1.165) is 19.3 Å². The molecule has 1 unspecified atom stereocenters. The Bertz CT molecular complexity index is 227. The molecule has 0 aliphatic heterocycles. The van der Waals surface area contributed by atoms with E-state index in [1.54, 1.807) is 0 Å². The maximum Gasteiger partial charge on any atom is 0.309 e. The van der Waals surface area contributed by atoms with Crippen molar-refractivity contribution in [3.05, 3.63) is 11.6 Å². The molecule has 0 bridgehead atoms. The minimum atomic E-state index is -0.643. The molecule has 88 valence electrons. The van der Waals surface area contributed by atoms with Crippen molar-refractivity contribution < 1.29 is 9.90 Å². The molecule has 0 heterocycles. The fourth-order valence-corrected chi connectivity index (χ4v) is 1.68. The van der Waals surface area contributed by atoms with Crippen molar-refractivity contribution >= 4 is 5.97 Å². The minimum Gasteiger partial charge on any atom is -0.481 e. The molecule has 0 radical (unpaired) electrons. The van der Waals surface area contributed by atoms with Gasteiger partial charge in [0.1, 0.15) is 0 Å². The van der Waals surface area contributed by atoms with E-state index >= 15 is 0 Å². The molecule has 0 amide bonds. The molecule has 0 rings (SSSR count). The number of rotatable bonds is 7. The van der Waals surface area contributed by atoms with Gasteiger partial charge in [-0.25, -0.2) is 0 Å². The standard InChI is InChI=1S/C13H24O2/c1-5-7-9-13(6-2,12(14)15)10-8-11(3)4/h8H,5-7,9-10H2,1-4H3,(H,14,15). The average Bonchev–Trinajstić information content (AvgIpc) is 2.18. The summed E-state index contributed by atoms with van der Waals surface area (Å²) < 4.78 is 0. The lowest BCUT2D eigenvalue weighted by molar-refractivity contribution is -0.149. The molecule has 1 N–H and O–H groups in total. The van der Waals surface area contributed by atoms with Gasteiger partial charge in [0, 0.05) is 0 Å². The molecule has 0 aromatic carbocycles. The van der Waals surface area contributed by atoms with Crippen molar-refractivity contribution in [1.82, 2.24) is 0 Å². The predicted molar refractivity (Wildman–Crippen MR) is 63.9 cm³/mol. The zero-order valence-corrected chi connectivity index (χ0v) is 10.5. The Morgan fingerprint density at radius 1 is 1.33 bits per heavy atom. The first-order valence-electron chi connectivity index (χ1n) is 5.85. The number of hydrogen-bond acceptors (Lipinski definition) is 1. The highest BCUT2D eigenvalue weighted by molar-refractivity contribution is 5.74. The largest absolute Gasteiger partial charge is 0.481 e. The Labute approximate surface area is 93.4 Å². The van der Waals surface area contributed by atoms with Gasteiger partial charge in [0.25, 0.3) is 0 Å². The average molecular weight is 212 g/mol. The lowest BCUT2D eigenvalue weighted by atomic mass is 9.77. The fraction of sp³-hybridized carbons (Fsp3) is 0.769. The van der Waals surface area contributed by atoms with Crippen molar-refractivity contribution in [2.24, 2.45) is 5.41 Å². The number of carbonyl (C=O) groups is 1. The van der Waals surface area contributed by atoms with E-state index in [9.17, 15) is 9.90 Å². The summed E-state index contributed by atoms with van der Waals surface area (Å²) in [5.41, 5.74) is 0.665. The topological polar surface area (TPSA) is 37.3 Å². The summed E-state index contributed by atoms with van der Waals surface area (Å²) in [4.78, 5) is 11.3. The van der Waals surface area contributed by atoms with Crippen molar-refractivity contribution in [3.63, 3.8) is 0 Å². The summed E-state index contributed by atoms with van der Waals surface area (Å²) in [6, 6.07) is 0. The van der Waals surface area contributed by atoms with Crippen LogP contribution in [0.1, 0.15) is 59.8 Å². The summed E-state index contributed by atoms with van der Waals surface area (Å²) >= 11 is 0. The first-order valence-corrected chi connectivity index (χ1v) is 5.85. The van der Waals surface area contributed by atoms with Crippen LogP contribution in [0.25, 0.3) is 0 Å². The van der Waals surface area contributed by atoms with Gasteiger partial charge < -0.3 is 5.11 Å². The third kappa shape index (κ3) is 4.50. The van der Waals surface area contributed by atoms with E-state index in [4.69, 9.17) is 0 Å². The SMILES string of the molecule is CCCCC(CC)(CC=C(C)C)C(=O)O. The van der Waals surface area contributed by atoms with Gasteiger partial charge in [-0.1, -0.05) is 38.3 Å². The number of carboxylic acid groups (broad SMARTS) is 1. The second-order valence-corrected chi connectivity index (χ2v) is 4.53. The second kappa shape index (κ2) is 6.65. The van der Waals surface area contributed by atoms with Gasteiger partial charge in [-0.3, -0.25) is 4.79 Å². The van der Waals surface area contributed by atoms with E-state index < -0.39 is 11.4 Å². The lowest BCUT2D eigenvalue weighted by Crippen LogP contribution is -2.29. The molecule has 0 saturated heterocycles. The Hall–Kier alpha value is -0.790. The van der Waals surface area contributed by atoms with Gasteiger partial charge in [-0.15, -0.1) is 0 Å². The maximum absolute atomic E-state index is 11.3. The summed E-state index contributed by atoms with van der Waals surface area (Å²) in [6.07, 6.45) is 6.28. The van der Waals surface area contributed by atoms with Crippen LogP contribution in [0, 0.1) is 5.41 Å². The maximum atomic E-state index is 11.3. The number of carboxylic acids is 1. The van der Waals surface area contributed by atoms with Gasteiger partial charge in [-0.05, 0) is 33.1 Å². The van der Waals surface area contributed by atoms with Crippen LogP contribution in [0.5, 0.6) is 0 Å². The molecule has 0 spiro atoms. The summed E-state index contributed by atoms with van der Waals surface area (Å²) in [7, 11) is 0. The van der Waals surface area contributed by atoms with Crippen LogP contribution in [-0.2, 0) is 4.79 Å². The first-order chi connectivity index (χ1) is 6.98. The van der Waals surface area contributed by atoms with Crippen LogP contribution < -0.4 is 0 Å². The van der Waals surface area contributed by atoms with E-state index in [0.29, 0.717) is 12.8 Å². The number of hydrogen-bond donors (Lipinski definition) is 1. The van der Waals surface area contributed by atoms with Crippen molar-refractivity contribution in [2.75, 3.05) is 0 Å². The lowest BCUT2D eigenvalue weighted by Gasteiger charge is -2.27. The van der Waals surface area contributed by atoms with E-state index in [1.807, 2.05) is 26.8 Å². The van der Waals surface area contributed by atoms with E-state index in [-0.39, 0.29) is 0 Å². The first kappa shape index (κ1) is 14.2. The Balaban J connectivity index is 4.65. The zero-order valence-electron chi connectivity index (χ0n) is 10.5. The fourth-order valence-electron chi connectivity index (χ4n) is 1.68. The van der Waals surface area contributed by atoms with Gasteiger partial charge in [0.2, 0.25) is 0 Å². The molecule has 0 aliphatic carbocycles. The summed E-state index contributed by atoms with van der Waals surface area (Å²) in [5.74, 6) is -0.643. The molecule has 0 aromatic rings. The molecule has 0 aliphatic rings. The van der Waals surface area contributed by atoms with Crippen LogP contribution in [0.15, 0.2) is 11.6 Å². The predicted octanol–water partition coefficient (Wildman–Crippen LogP) is 4.01. The highest BCUT2D eigenvalue weighted by Gasteiger charge is 2.34. The minimum absolute atomic E-state index is 0.534. The van der Waals surface area contributed by atoms with Crippen molar-refractivity contribution in [2.45, 2.75) is 59.8 Å². The van der Waals surface area contributed by atoms with Crippen molar-refractivity contribution in [3.8, 4) is 0 Å². The molecule has 2 heteroatoms. The molecular weight excluding hydrogens is 188 g/mol. The van der Waals surface area contributed by atoms with Crippen LogP contribution in [0.2, 0.25) is 0 Å². The molecular formula is C13H24O2. The second-order valence-electron chi connectivity index (χ2n) is 4.53. The van der Waals surface area contributed by atoms with Crippen LogP contribution in [0.4, 0.5) is 0 Å². The molecule has 15 heavy (non-hydrogen) atoms. The highest BCUT2D eigenvalue weighted by Crippen LogP contribution is 2.34. The van der Waals surface area contributed by atoms with Gasteiger partial charge in [0.05, 0.1) is 5.41 Å². The normalized spacial score (nSPS) is 14.4. The molecule has 0 aromatic heterocycles. The third-order valence-corrected chi connectivity index (χ3v) is 3.04. The van der Waals surface area contributed by atoms with Crippen molar-refractivity contribution in [1.29, 1.82) is 0 Å². The summed E-state index contributed by atoms with van der Waals surface area (Å²) in [6.45, 7) is 8.11. The third-order valence-electron chi connectivity index (χ3n) is 3.04. The number of unbranched alkanes of at least 4 members (excludes halogenated alkanes) is 1. The molecule has 1 atom stereocenters. The quantitative estimate of drug-likeness (QED) is 0.647. The van der Waals surface area contributed by atoms with Crippen LogP contribution in [0.3, 0.4) is 0 Å². The number of allylic oxidation sites excluding steroid dienone is 2. The Morgan fingerprint density at radius 3 is 2.27 bits per heavy atom. The molecule has 0 fully saturated rings. The smallest absolute Gasteiger partial charge is 0.309 e. The molecule has 0 saturated carbocycles. The van der Waals surface area contributed by atoms with Crippen LogP contribution in [-0.4, -0.2) is 11.1 Å². The van der Waals surface area contributed by atoms with Gasteiger partial charge in [-0.2, -0.15) is 0 Å². The highest BCUT2D eigenvalue weighted by atomic mass is 16.4. The Morgan fingerprint density at radius 2 is 1.93 bits per heavy atom. The van der Waals surface area contributed by atoms with Gasteiger partial charge in [0.15, 0.2) is 0 Å². The number of aliphatic carboxylic acids is 1. The van der Waals surface area contributed by atoms with E-state index in [2.05, 4.69) is 6.92 Å². The van der Waals surface area contributed by atoms with E-state index in [1.165, 1.54) is 5.57 Å². The zero-order chi connectivity index (χ0) is 11.9. The summed E-state index contributed by atoms with van der Waals surface area (Å²) in [5, 5.41) is 9.33. The molecule has 2 nitrogen and oxygen atoms in total.